The number of amides is 1. The van der Waals surface area contributed by atoms with Crippen molar-refractivity contribution in [1.82, 2.24) is 0 Å². The molecule has 2 aromatic rings. The van der Waals surface area contributed by atoms with E-state index in [1.165, 1.54) is 116 Å². The van der Waals surface area contributed by atoms with Gasteiger partial charge in [-0.25, -0.2) is 0 Å². The molecule has 0 bridgehead atoms. The summed E-state index contributed by atoms with van der Waals surface area (Å²) in [5.41, 5.74) is 4.97. The first kappa shape index (κ1) is 36.8. The number of carbonyl (C=O) groups excluding carboxylic acids is 2. The molecule has 0 radical (unpaired) electrons. The molecule has 1 amide bonds. The summed E-state index contributed by atoms with van der Waals surface area (Å²) in [7, 11) is 0. The number of carbonyl (C=O) groups is 2. The van der Waals surface area contributed by atoms with Gasteiger partial charge in [-0.15, -0.1) is 0 Å². The van der Waals surface area contributed by atoms with Crippen molar-refractivity contribution >= 4 is 17.6 Å². The van der Waals surface area contributed by atoms with Crippen LogP contribution in [0.3, 0.4) is 0 Å². The average Bonchev–Trinajstić information content (AvgIpc) is 3.34. The number of hydrogen-bond acceptors (Lipinski definition) is 3. The maximum absolute atomic E-state index is 12.9. The van der Waals surface area contributed by atoms with Gasteiger partial charge in [0.1, 0.15) is 0 Å². The van der Waals surface area contributed by atoms with Gasteiger partial charge in [0.25, 0.3) is 0 Å². The highest BCUT2D eigenvalue weighted by Crippen LogP contribution is 2.46. The fourth-order valence-corrected chi connectivity index (χ4v) is 6.67. The predicted octanol–water partition coefficient (Wildman–Crippen LogP) is 12.6. The summed E-state index contributed by atoms with van der Waals surface area (Å²) >= 11 is 0. The Morgan fingerprint density at radius 3 is 1.58 bits per heavy atom. The van der Waals surface area contributed by atoms with E-state index in [2.05, 4.69) is 37.4 Å². The van der Waals surface area contributed by atoms with E-state index in [0.717, 1.165) is 53.6 Å². The van der Waals surface area contributed by atoms with Crippen LogP contribution in [0.15, 0.2) is 42.5 Å². The van der Waals surface area contributed by atoms with E-state index in [0.29, 0.717) is 12.8 Å². The molecular weight excluding hydrogens is 554 g/mol. The minimum atomic E-state index is -0.417. The van der Waals surface area contributed by atoms with Gasteiger partial charge in [0.2, 0.25) is 5.91 Å². The van der Waals surface area contributed by atoms with Crippen molar-refractivity contribution in [2.75, 3.05) is 5.32 Å². The van der Waals surface area contributed by atoms with Gasteiger partial charge >= 0.3 is 5.97 Å². The first-order valence-electron chi connectivity index (χ1n) is 18.9. The SMILES string of the molecule is CCCCCCCCCCCCCC(=O)Nc1ccc2c(c1)C(OC(=O)CCCCCCCCCCCCC)c1ccccc1-2. The van der Waals surface area contributed by atoms with Gasteiger partial charge in [-0.2, -0.15) is 0 Å². The Morgan fingerprint density at radius 2 is 1.02 bits per heavy atom. The molecule has 1 aliphatic rings. The van der Waals surface area contributed by atoms with Crippen LogP contribution in [0.4, 0.5) is 5.69 Å². The Kier molecular flexibility index (Phi) is 18.7. The van der Waals surface area contributed by atoms with E-state index >= 15 is 0 Å². The lowest BCUT2D eigenvalue weighted by atomic mass is 10.0. The summed E-state index contributed by atoms with van der Waals surface area (Å²) in [5, 5.41) is 3.10. The largest absolute Gasteiger partial charge is 0.452 e. The van der Waals surface area contributed by atoms with Crippen molar-refractivity contribution in [1.29, 1.82) is 0 Å². The van der Waals surface area contributed by atoms with E-state index in [1.54, 1.807) is 0 Å². The van der Waals surface area contributed by atoms with Crippen LogP contribution in [-0.4, -0.2) is 11.9 Å². The first-order chi connectivity index (χ1) is 22.1. The third kappa shape index (κ3) is 14.1. The fraction of sp³-hybridized carbons (Fsp3) is 0.659. The lowest BCUT2D eigenvalue weighted by molar-refractivity contribution is -0.147. The van der Waals surface area contributed by atoms with E-state index in [1.807, 2.05) is 24.3 Å². The molecule has 0 heterocycles. The van der Waals surface area contributed by atoms with Crippen LogP contribution in [0, 0.1) is 0 Å². The molecule has 0 fully saturated rings. The van der Waals surface area contributed by atoms with Crippen molar-refractivity contribution < 1.29 is 14.3 Å². The lowest BCUT2D eigenvalue weighted by Crippen LogP contribution is -2.13. The smallest absolute Gasteiger partial charge is 0.306 e. The molecule has 4 heteroatoms. The number of unbranched alkanes of at least 4 members (excludes halogenated alkanes) is 20. The summed E-state index contributed by atoms with van der Waals surface area (Å²) in [4.78, 5) is 25.7. The van der Waals surface area contributed by atoms with E-state index in [-0.39, 0.29) is 11.9 Å². The molecule has 0 aliphatic heterocycles. The number of anilines is 1. The number of benzene rings is 2. The molecule has 250 valence electrons. The van der Waals surface area contributed by atoms with Gasteiger partial charge in [0.05, 0.1) is 0 Å². The summed E-state index contributed by atoms with van der Waals surface area (Å²) in [5.74, 6) is -0.0732. The number of fused-ring (bicyclic) bond motifs is 3. The van der Waals surface area contributed by atoms with Crippen molar-refractivity contribution in [3.05, 3.63) is 53.6 Å². The highest BCUT2D eigenvalue weighted by Gasteiger charge is 2.31. The molecule has 0 spiro atoms. The molecule has 45 heavy (non-hydrogen) atoms. The van der Waals surface area contributed by atoms with Gasteiger partial charge in [0.15, 0.2) is 6.10 Å². The Balaban J connectivity index is 1.37. The lowest BCUT2D eigenvalue weighted by Gasteiger charge is -2.16. The van der Waals surface area contributed by atoms with Crippen LogP contribution in [-0.2, 0) is 14.3 Å². The minimum absolute atomic E-state index is 0.0615. The van der Waals surface area contributed by atoms with Crippen LogP contribution >= 0.6 is 0 Å². The predicted molar refractivity (Wildman–Crippen MR) is 191 cm³/mol. The third-order valence-electron chi connectivity index (χ3n) is 9.39. The van der Waals surface area contributed by atoms with Gasteiger partial charge in [-0.1, -0.05) is 173 Å². The van der Waals surface area contributed by atoms with Gasteiger partial charge in [0, 0.05) is 29.7 Å². The Labute approximate surface area is 275 Å². The summed E-state index contributed by atoms with van der Waals surface area (Å²) in [6.45, 7) is 4.53. The normalized spacial score (nSPS) is 13.4. The van der Waals surface area contributed by atoms with E-state index < -0.39 is 6.10 Å². The van der Waals surface area contributed by atoms with Crippen molar-refractivity contribution in [3.63, 3.8) is 0 Å². The van der Waals surface area contributed by atoms with Crippen LogP contribution in [0.5, 0.6) is 0 Å². The summed E-state index contributed by atoms with van der Waals surface area (Å²) in [6, 6.07) is 14.2. The van der Waals surface area contributed by atoms with Crippen LogP contribution in [0.1, 0.15) is 185 Å². The number of hydrogen-bond donors (Lipinski definition) is 1. The summed E-state index contributed by atoms with van der Waals surface area (Å²) in [6.07, 6.45) is 28.5. The molecule has 1 aliphatic carbocycles. The maximum atomic E-state index is 12.9. The second kappa shape index (κ2) is 22.8. The van der Waals surface area contributed by atoms with Crippen molar-refractivity contribution in [3.8, 4) is 11.1 Å². The zero-order valence-corrected chi connectivity index (χ0v) is 28.8. The molecule has 1 atom stereocenters. The molecule has 3 rings (SSSR count). The monoisotopic (exact) mass is 617 g/mol. The molecule has 4 nitrogen and oxygen atoms in total. The molecule has 0 aromatic heterocycles. The maximum Gasteiger partial charge on any atom is 0.306 e. The first-order valence-corrected chi connectivity index (χ1v) is 18.9. The molecule has 0 saturated heterocycles. The molecule has 2 aromatic carbocycles. The van der Waals surface area contributed by atoms with Gasteiger partial charge < -0.3 is 10.1 Å². The molecule has 1 N–H and O–H groups in total. The van der Waals surface area contributed by atoms with E-state index in [9.17, 15) is 9.59 Å². The Morgan fingerprint density at radius 1 is 0.556 bits per heavy atom. The second-order valence-corrected chi connectivity index (χ2v) is 13.4. The number of rotatable bonds is 26. The zero-order valence-electron chi connectivity index (χ0n) is 28.8. The number of nitrogens with one attached hydrogen (secondary N) is 1. The van der Waals surface area contributed by atoms with Crippen LogP contribution < -0.4 is 5.32 Å². The standard InChI is InChI=1S/C41H63NO3/c1-3-5-7-9-11-13-15-17-19-21-23-29-39(43)42-34-31-32-36-35-27-25-26-28-37(35)41(38(36)33-34)45-40(44)30-24-22-20-18-16-14-12-10-8-6-4-2/h25-28,31-33,41H,3-24,29-30H2,1-2H3,(H,42,43). The Hall–Kier alpha value is -2.62. The van der Waals surface area contributed by atoms with Crippen molar-refractivity contribution in [2.24, 2.45) is 0 Å². The van der Waals surface area contributed by atoms with Crippen molar-refractivity contribution in [2.45, 2.75) is 174 Å². The minimum Gasteiger partial charge on any atom is -0.452 e. The quantitative estimate of drug-likeness (QED) is 0.0844. The fourth-order valence-electron chi connectivity index (χ4n) is 6.67. The Bertz CT molecular complexity index is 1110. The molecule has 1 unspecified atom stereocenters. The number of ether oxygens (including phenoxy) is 1. The summed E-state index contributed by atoms with van der Waals surface area (Å²) < 4.78 is 6.11. The van der Waals surface area contributed by atoms with E-state index in [4.69, 9.17) is 4.74 Å². The van der Waals surface area contributed by atoms with Crippen LogP contribution in [0.25, 0.3) is 11.1 Å². The van der Waals surface area contributed by atoms with Gasteiger partial charge in [-0.3, -0.25) is 9.59 Å². The second-order valence-electron chi connectivity index (χ2n) is 13.4. The topological polar surface area (TPSA) is 55.4 Å². The molecule has 0 saturated carbocycles. The zero-order chi connectivity index (χ0) is 32.0. The highest BCUT2D eigenvalue weighted by atomic mass is 16.5. The molecular formula is C41H63NO3. The van der Waals surface area contributed by atoms with Crippen LogP contribution in [0.2, 0.25) is 0 Å². The van der Waals surface area contributed by atoms with Gasteiger partial charge in [-0.05, 0) is 36.1 Å². The third-order valence-corrected chi connectivity index (χ3v) is 9.39. The average molecular weight is 618 g/mol. The number of esters is 1. The highest BCUT2D eigenvalue weighted by molar-refractivity contribution is 5.92.